The summed E-state index contributed by atoms with van der Waals surface area (Å²) in [6, 6.07) is 4.72. The minimum Gasteiger partial charge on any atom is -0.494 e. The molecule has 1 aromatic carbocycles. The summed E-state index contributed by atoms with van der Waals surface area (Å²) < 4.78 is 28.9. The quantitative estimate of drug-likeness (QED) is 0.455. The molecule has 0 saturated carbocycles. The second-order valence-electron chi connectivity index (χ2n) is 3.20. The molecule has 1 rings (SSSR count). The van der Waals surface area contributed by atoms with Crippen LogP contribution in [0.15, 0.2) is 18.2 Å². The Morgan fingerprint density at radius 1 is 1.50 bits per heavy atom. The number of ether oxygens (including phenoxy) is 1. The van der Waals surface area contributed by atoms with Gasteiger partial charge >= 0.3 is 11.4 Å². The summed E-state index contributed by atoms with van der Waals surface area (Å²) in [6.07, 6.45) is 2.03. The summed E-state index contributed by atoms with van der Waals surface area (Å²) in [4.78, 5) is 0. The van der Waals surface area contributed by atoms with Crippen LogP contribution in [0, 0.1) is 0 Å². The number of nitrogen functional groups attached to an aromatic ring is 1. The SMILES string of the molecule is CCCCOc1ccc(OS(=O)O)c(N)c1. The number of anilines is 1. The maximum absolute atomic E-state index is 10.4. The van der Waals surface area contributed by atoms with Crippen LogP contribution in [-0.4, -0.2) is 15.4 Å². The van der Waals surface area contributed by atoms with Crippen LogP contribution in [0.4, 0.5) is 5.69 Å². The summed E-state index contributed by atoms with van der Waals surface area (Å²) >= 11 is -2.36. The standard InChI is InChI=1S/C10H15NO4S/c1-2-3-6-14-8-4-5-10(9(11)7-8)15-16(12)13/h4-5,7H,2-3,6,11H2,1H3,(H,12,13). The van der Waals surface area contributed by atoms with Gasteiger partial charge in [-0.25, -0.2) is 0 Å². The molecule has 0 heterocycles. The van der Waals surface area contributed by atoms with Gasteiger partial charge in [0.25, 0.3) is 0 Å². The third-order valence-electron chi connectivity index (χ3n) is 1.91. The summed E-state index contributed by atoms with van der Waals surface area (Å²) in [5, 5.41) is 0. The lowest BCUT2D eigenvalue weighted by atomic mass is 10.3. The van der Waals surface area contributed by atoms with Gasteiger partial charge < -0.3 is 14.7 Å². The van der Waals surface area contributed by atoms with Crippen LogP contribution in [-0.2, 0) is 11.4 Å². The lowest BCUT2D eigenvalue weighted by molar-refractivity contribution is 0.309. The normalized spacial score (nSPS) is 12.1. The fourth-order valence-electron chi connectivity index (χ4n) is 1.10. The maximum atomic E-state index is 10.4. The van der Waals surface area contributed by atoms with Gasteiger partial charge in [0.2, 0.25) is 0 Å². The van der Waals surface area contributed by atoms with Crippen molar-refractivity contribution in [1.82, 2.24) is 0 Å². The predicted octanol–water partition coefficient (Wildman–Crippen LogP) is 1.96. The highest BCUT2D eigenvalue weighted by Gasteiger charge is 2.05. The van der Waals surface area contributed by atoms with E-state index in [1.807, 2.05) is 0 Å². The zero-order valence-electron chi connectivity index (χ0n) is 9.01. The molecule has 1 aromatic rings. The lowest BCUT2D eigenvalue weighted by Crippen LogP contribution is -2.02. The Bertz CT molecular complexity index is 370. The van der Waals surface area contributed by atoms with Gasteiger partial charge in [-0.2, -0.15) is 4.21 Å². The van der Waals surface area contributed by atoms with E-state index in [0.29, 0.717) is 12.4 Å². The summed E-state index contributed by atoms with van der Waals surface area (Å²) in [7, 11) is 0. The monoisotopic (exact) mass is 245 g/mol. The van der Waals surface area contributed by atoms with Crippen molar-refractivity contribution in [2.24, 2.45) is 0 Å². The van der Waals surface area contributed by atoms with Crippen LogP contribution in [0.2, 0.25) is 0 Å². The number of rotatable bonds is 6. The Kier molecular flexibility index (Phi) is 5.07. The van der Waals surface area contributed by atoms with E-state index in [9.17, 15) is 4.21 Å². The number of benzene rings is 1. The van der Waals surface area contributed by atoms with Crippen LogP contribution in [0.3, 0.4) is 0 Å². The first kappa shape index (κ1) is 12.8. The van der Waals surface area contributed by atoms with Crippen LogP contribution in [0.25, 0.3) is 0 Å². The summed E-state index contributed by atoms with van der Waals surface area (Å²) in [6.45, 7) is 2.70. The highest BCUT2D eigenvalue weighted by molar-refractivity contribution is 7.74. The lowest BCUT2D eigenvalue weighted by Gasteiger charge is -2.08. The average Bonchev–Trinajstić information content (AvgIpc) is 2.22. The van der Waals surface area contributed by atoms with Gasteiger partial charge in [-0.1, -0.05) is 13.3 Å². The molecule has 3 N–H and O–H groups in total. The van der Waals surface area contributed by atoms with Gasteiger partial charge in [-0.05, 0) is 18.6 Å². The minimum atomic E-state index is -2.36. The van der Waals surface area contributed by atoms with Crippen LogP contribution < -0.4 is 14.7 Å². The molecule has 1 unspecified atom stereocenters. The minimum absolute atomic E-state index is 0.170. The zero-order valence-corrected chi connectivity index (χ0v) is 9.83. The number of hydrogen-bond donors (Lipinski definition) is 2. The number of unbranched alkanes of at least 4 members (excludes halogenated alkanes) is 1. The summed E-state index contributed by atoms with van der Waals surface area (Å²) in [5.74, 6) is 0.797. The third kappa shape index (κ3) is 4.08. The summed E-state index contributed by atoms with van der Waals surface area (Å²) in [5.41, 5.74) is 5.90. The Morgan fingerprint density at radius 3 is 2.81 bits per heavy atom. The highest BCUT2D eigenvalue weighted by atomic mass is 32.2. The Hall–Kier alpha value is -1.27. The largest absolute Gasteiger partial charge is 0.494 e. The van der Waals surface area contributed by atoms with Crippen molar-refractivity contribution in [2.75, 3.05) is 12.3 Å². The van der Waals surface area contributed by atoms with Crippen LogP contribution in [0.1, 0.15) is 19.8 Å². The molecule has 5 nitrogen and oxygen atoms in total. The smallest absolute Gasteiger partial charge is 0.357 e. The average molecular weight is 245 g/mol. The molecular formula is C10H15NO4S. The zero-order chi connectivity index (χ0) is 12.0. The molecule has 1 atom stereocenters. The van der Waals surface area contributed by atoms with Crippen molar-refractivity contribution in [3.8, 4) is 11.5 Å². The topological polar surface area (TPSA) is 81.8 Å². The van der Waals surface area contributed by atoms with Crippen molar-refractivity contribution in [3.63, 3.8) is 0 Å². The van der Waals surface area contributed by atoms with E-state index in [2.05, 4.69) is 11.1 Å². The van der Waals surface area contributed by atoms with Crippen molar-refractivity contribution < 1.29 is 17.7 Å². The second kappa shape index (κ2) is 6.34. The molecule has 0 amide bonds. The molecule has 16 heavy (non-hydrogen) atoms. The second-order valence-corrected chi connectivity index (χ2v) is 3.80. The van der Waals surface area contributed by atoms with E-state index in [1.54, 1.807) is 12.1 Å². The van der Waals surface area contributed by atoms with Crippen molar-refractivity contribution in [2.45, 2.75) is 19.8 Å². The first-order valence-electron chi connectivity index (χ1n) is 4.95. The van der Waals surface area contributed by atoms with Crippen molar-refractivity contribution in [1.29, 1.82) is 0 Å². The Morgan fingerprint density at radius 2 is 2.25 bits per heavy atom. The molecule has 0 spiro atoms. The molecule has 6 heteroatoms. The predicted molar refractivity (Wildman–Crippen MR) is 62.7 cm³/mol. The van der Waals surface area contributed by atoms with Gasteiger partial charge in [-0.3, -0.25) is 4.55 Å². The molecule has 0 aliphatic heterocycles. The molecule has 90 valence electrons. The van der Waals surface area contributed by atoms with Crippen LogP contribution >= 0.6 is 0 Å². The van der Waals surface area contributed by atoms with Crippen molar-refractivity contribution in [3.05, 3.63) is 18.2 Å². The first-order valence-corrected chi connectivity index (χ1v) is 5.98. The Labute approximate surface area is 97.0 Å². The fraction of sp³-hybridized carbons (Fsp3) is 0.400. The molecule has 0 fully saturated rings. The van der Waals surface area contributed by atoms with Gasteiger partial charge in [0, 0.05) is 6.07 Å². The van der Waals surface area contributed by atoms with E-state index < -0.39 is 11.4 Å². The molecule has 0 aliphatic carbocycles. The molecule has 0 saturated heterocycles. The Balaban J connectivity index is 2.63. The highest BCUT2D eigenvalue weighted by Crippen LogP contribution is 2.26. The molecule has 0 bridgehead atoms. The maximum Gasteiger partial charge on any atom is 0.357 e. The van der Waals surface area contributed by atoms with Gasteiger partial charge in [0.15, 0.2) is 5.75 Å². The first-order chi connectivity index (χ1) is 7.63. The number of nitrogens with two attached hydrogens (primary N) is 1. The van der Waals surface area contributed by atoms with Gasteiger partial charge in [0.05, 0.1) is 12.3 Å². The van der Waals surface area contributed by atoms with E-state index in [1.165, 1.54) is 6.07 Å². The van der Waals surface area contributed by atoms with E-state index >= 15 is 0 Å². The molecule has 0 aliphatic rings. The molecular weight excluding hydrogens is 230 g/mol. The van der Waals surface area contributed by atoms with E-state index in [4.69, 9.17) is 15.0 Å². The third-order valence-corrected chi connectivity index (χ3v) is 2.23. The molecule has 0 radical (unpaired) electrons. The van der Waals surface area contributed by atoms with Gasteiger partial charge in [0.1, 0.15) is 5.75 Å². The van der Waals surface area contributed by atoms with Crippen LogP contribution in [0.5, 0.6) is 11.5 Å². The molecule has 0 aromatic heterocycles. The van der Waals surface area contributed by atoms with E-state index in [0.717, 1.165) is 12.8 Å². The van der Waals surface area contributed by atoms with E-state index in [-0.39, 0.29) is 11.4 Å². The van der Waals surface area contributed by atoms with Crippen molar-refractivity contribution >= 4 is 17.0 Å². The number of hydrogen-bond acceptors (Lipinski definition) is 4. The fourth-order valence-corrected chi connectivity index (χ4v) is 1.41. The van der Waals surface area contributed by atoms with Gasteiger partial charge in [-0.15, -0.1) is 0 Å².